The lowest BCUT2D eigenvalue weighted by atomic mass is 10.1. The average Bonchev–Trinajstić information content (AvgIpc) is 3.33. The maximum atomic E-state index is 11.2. The summed E-state index contributed by atoms with van der Waals surface area (Å²) in [6, 6.07) is 10.1. The average molecular weight is 1110 g/mol. The van der Waals surface area contributed by atoms with Crippen LogP contribution >= 0.6 is 0 Å². The maximum Gasteiger partial charge on any atom is 0.409 e. The number of methoxy groups -OCH3 is 2. The summed E-state index contributed by atoms with van der Waals surface area (Å²) >= 11 is 0. The van der Waals surface area contributed by atoms with E-state index in [2.05, 4.69) is 80.9 Å². The number of benzene rings is 1. The SMILES string of the molecule is C.C.C.C=CNCC.C=O.C=O.CC.CC(C)CC(N)=O.CCC.CCC(C)C.CCC=O.CCOC(=O)N(C)[C@H](C)C(C)C.CN.CNC.COC.COC.N.N.N#N.O.O.O.O=CCCOCc1ccccc1. The van der Waals surface area contributed by atoms with E-state index in [1.165, 1.54) is 19.9 Å². The van der Waals surface area contributed by atoms with Crippen LogP contribution < -0.4 is 34.4 Å². The standard InChI is InChI=1S/C10H12O2.C9H19NO2.C5H11NO.C5H12.C4H9N.C3H6O.C3H8.C2H7N.2C2H6O.C2H6.CH5N.2CH2O.3CH4.N2.2H3N.3H2O/c11-7-4-8-12-9-10-5-2-1-3-6-10;1-6-12-9(11)10(5)8(4)7(2)3;1-4(2)3-5(6)7;1-4-5(2)3;1-3-5-4-2;1-2-3-4;4*1-3-2;4*1-2;;;;1-2;;;;;/h1-3,5-7H,4,8-9H2;7-8H,6H2,1-5H3;4H,3H2,1-2H3,(H2,6,7);5H,4H2,1-3H3;3,5H,1,4H2,2H3;3H,2H2,1H3;3H2,1-2H3;3H,1-2H3;2*1-2H3;1-2H3;2H2,1H3;2*1H2;3*1H4;;2*1H3;3*1H2/t;8-;;;;;;;;;;;;;;;;;;;;;/m.1...................../s1. The van der Waals surface area contributed by atoms with Crippen molar-refractivity contribution in [3.8, 4) is 0 Å². The van der Waals surface area contributed by atoms with Gasteiger partial charge >= 0.3 is 6.09 Å². The van der Waals surface area contributed by atoms with Gasteiger partial charge in [-0.25, -0.2) is 4.79 Å². The first-order chi connectivity index (χ1) is 31.8. The van der Waals surface area contributed by atoms with Gasteiger partial charge in [0.15, 0.2) is 0 Å². The molecule has 470 valence electrons. The molecule has 1 atom stereocenters. The third kappa shape index (κ3) is 284. The first-order valence-electron chi connectivity index (χ1n) is 22.6. The van der Waals surface area contributed by atoms with Gasteiger partial charge in [0.2, 0.25) is 5.91 Å². The molecule has 0 heterocycles. The molecule has 1 aromatic rings. The van der Waals surface area contributed by atoms with Crippen LogP contribution in [0.25, 0.3) is 0 Å². The fourth-order valence-electron chi connectivity index (χ4n) is 2.28. The molecule has 22 nitrogen and oxygen atoms in total. The van der Waals surface area contributed by atoms with Crippen molar-refractivity contribution in [2.75, 3.05) is 76.4 Å². The summed E-state index contributed by atoms with van der Waals surface area (Å²) < 4.78 is 18.6. The van der Waals surface area contributed by atoms with E-state index in [-0.39, 0.29) is 69.1 Å². The third-order valence-corrected chi connectivity index (χ3v) is 5.56. The van der Waals surface area contributed by atoms with Gasteiger partial charge in [-0.05, 0) is 71.4 Å². The summed E-state index contributed by atoms with van der Waals surface area (Å²) in [7, 11) is 13.5. The van der Waals surface area contributed by atoms with Crippen molar-refractivity contribution in [2.24, 2.45) is 29.2 Å². The van der Waals surface area contributed by atoms with E-state index < -0.39 is 0 Å². The van der Waals surface area contributed by atoms with Crippen LogP contribution in [-0.4, -0.2) is 142 Å². The molecule has 1 aromatic carbocycles. The smallest absolute Gasteiger partial charge is 0.409 e. The molecule has 75 heavy (non-hydrogen) atoms. The maximum absolute atomic E-state index is 11.2. The molecule has 0 unspecified atom stereocenters. The molecule has 0 saturated carbocycles. The number of nitrogens with zero attached hydrogens (tertiary/aromatic N) is 3. The van der Waals surface area contributed by atoms with Gasteiger partial charge in [0.25, 0.3) is 0 Å². The van der Waals surface area contributed by atoms with E-state index in [1.807, 2.05) is 113 Å². The van der Waals surface area contributed by atoms with Crippen LogP contribution in [0.1, 0.15) is 164 Å². The van der Waals surface area contributed by atoms with Gasteiger partial charge in [-0.3, -0.25) is 4.79 Å². The lowest BCUT2D eigenvalue weighted by Gasteiger charge is -2.26. The molecule has 0 saturated heterocycles. The number of hydrogen-bond donors (Lipinski definition) is 6. The number of nitrogens with one attached hydrogen (secondary N) is 2. The molecule has 0 fully saturated rings. The Hall–Kier alpha value is -4.80. The molecule has 2 amide bonds. The summed E-state index contributed by atoms with van der Waals surface area (Å²) in [6.45, 7) is 40.6. The van der Waals surface area contributed by atoms with Gasteiger partial charge in [0.05, 0.1) is 19.8 Å². The molecule has 1 rings (SSSR count). The summed E-state index contributed by atoms with van der Waals surface area (Å²) in [5.74, 6) is 1.53. The van der Waals surface area contributed by atoms with E-state index in [1.54, 1.807) is 46.6 Å². The van der Waals surface area contributed by atoms with Crippen LogP contribution in [0, 0.1) is 28.5 Å². The summed E-state index contributed by atoms with van der Waals surface area (Å²) in [6.07, 6.45) is 7.36. The van der Waals surface area contributed by atoms with Crippen molar-refractivity contribution in [2.45, 2.75) is 171 Å². The highest BCUT2D eigenvalue weighted by atomic mass is 16.6. The van der Waals surface area contributed by atoms with Crippen molar-refractivity contribution in [1.82, 2.24) is 27.8 Å². The van der Waals surface area contributed by atoms with Gasteiger partial charge in [0, 0.05) is 78.1 Å². The Morgan fingerprint density at radius 2 is 1.04 bits per heavy atom. The highest BCUT2D eigenvalue weighted by Crippen LogP contribution is 2.08. The van der Waals surface area contributed by atoms with Crippen molar-refractivity contribution in [3.05, 3.63) is 48.7 Å². The second-order valence-corrected chi connectivity index (χ2v) is 13.0. The van der Waals surface area contributed by atoms with Gasteiger partial charge in [-0.15, -0.1) is 0 Å². The first kappa shape index (κ1) is 145. The largest absolute Gasteiger partial charge is 0.450 e. The monoisotopic (exact) mass is 1110 g/mol. The van der Waals surface area contributed by atoms with Crippen molar-refractivity contribution in [1.29, 1.82) is 10.8 Å². The number of nitrogens with two attached hydrogens (primary N) is 2. The predicted octanol–water partition coefficient (Wildman–Crippen LogP) is 9.61. The molecule has 0 spiro atoms. The van der Waals surface area contributed by atoms with Crippen LogP contribution in [0.4, 0.5) is 4.79 Å². The Morgan fingerprint density at radius 1 is 0.733 bits per heavy atom. The Labute approximate surface area is 464 Å². The molecule has 0 aromatic heterocycles. The first-order valence-corrected chi connectivity index (χ1v) is 22.6. The minimum Gasteiger partial charge on any atom is -0.450 e. The number of carbonyl (C=O) groups is 6. The van der Waals surface area contributed by atoms with E-state index >= 15 is 0 Å². The molecule has 18 N–H and O–H groups in total. The Kier molecular flexibility index (Phi) is 349. The molecule has 0 bridgehead atoms. The highest BCUT2D eigenvalue weighted by Gasteiger charge is 2.18. The number of primary amides is 1. The van der Waals surface area contributed by atoms with Crippen molar-refractivity contribution >= 4 is 38.2 Å². The summed E-state index contributed by atoms with van der Waals surface area (Å²) in [4.78, 5) is 58.0. The summed E-state index contributed by atoms with van der Waals surface area (Å²) in [5.41, 5.74) is 10.5. The van der Waals surface area contributed by atoms with Gasteiger partial charge in [-0.1, -0.05) is 155 Å². The minimum atomic E-state index is -0.237. The quantitative estimate of drug-likeness (QED) is 0.0573. The van der Waals surface area contributed by atoms with Crippen LogP contribution in [-0.2, 0) is 49.5 Å². The molecular formula is C53H135N9O13. The molecular weight excluding hydrogens is 971 g/mol. The van der Waals surface area contributed by atoms with Crippen LogP contribution in [0.2, 0.25) is 0 Å². The minimum absolute atomic E-state index is 0. The zero-order chi connectivity index (χ0) is 56.9. The Bertz CT molecular complexity index is 954. The predicted molar refractivity (Wildman–Crippen MR) is 327 cm³/mol. The molecule has 0 aliphatic heterocycles. The van der Waals surface area contributed by atoms with E-state index in [4.69, 9.17) is 35.6 Å². The normalized spacial score (nSPS) is 7.16. The zero-order valence-electron chi connectivity index (χ0n) is 50.4. The van der Waals surface area contributed by atoms with Gasteiger partial charge in [0.1, 0.15) is 26.2 Å². The fraction of sp³-hybridized carbons (Fsp3) is 0.736. The fourth-order valence-corrected chi connectivity index (χ4v) is 2.28. The molecule has 0 aliphatic carbocycles. The third-order valence-electron chi connectivity index (χ3n) is 5.56. The number of amides is 2. The number of rotatable bonds is 14. The highest BCUT2D eigenvalue weighted by molar-refractivity contribution is 5.73. The Morgan fingerprint density at radius 3 is 1.20 bits per heavy atom. The lowest BCUT2D eigenvalue weighted by molar-refractivity contribution is -0.118. The van der Waals surface area contributed by atoms with E-state index in [0.717, 1.165) is 30.6 Å². The van der Waals surface area contributed by atoms with E-state index in [9.17, 15) is 19.2 Å². The number of carbonyl (C=O) groups excluding carboxylic acids is 6. The van der Waals surface area contributed by atoms with Crippen LogP contribution in [0.3, 0.4) is 0 Å². The lowest BCUT2D eigenvalue weighted by Crippen LogP contribution is -2.38. The second-order valence-electron chi connectivity index (χ2n) is 13.0. The molecule has 0 aliphatic rings. The molecule has 22 heteroatoms. The topological polar surface area (TPSA) is 431 Å². The van der Waals surface area contributed by atoms with Crippen molar-refractivity contribution < 1.29 is 64.1 Å². The second kappa shape index (κ2) is 181. The van der Waals surface area contributed by atoms with Gasteiger partial charge < -0.3 is 93.9 Å². The number of hydrogen-bond acceptors (Lipinski definition) is 17. The number of ether oxygens (including phenoxy) is 4. The van der Waals surface area contributed by atoms with Crippen LogP contribution in [0.5, 0.6) is 0 Å². The summed E-state index contributed by atoms with van der Waals surface area (Å²) in [5, 5.41) is 17.6. The Balaban J connectivity index is -0.0000000209. The number of aldehydes is 2. The van der Waals surface area contributed by atoms with Gasteiger partial charge in [-0.2, -0.15) is 0 Å². The van der Waals surface area contributed by atoms with Crippen LogP contribution in [0.15, 0.2) is 43.1 Å². The van der Waals surface area contributed by atoms with Crippen molar-refractivity contribution in [3.63, 3.8) is 0 Å². The molecule has 0 radical (unpaired) electrons. The van der Waals surface area contributed by atoms with E-state index in [0.29, 0.717) is 50.9 Å². The zero-order valence-corrected chi connectivity index (χ0v) is 50.4.